The van der Waals surface area contributed by atoms with E-state index >= 15 is 0 Å². The molecule has 0 bridgehead atoms. The van der Waals surface area contributed by atoms with Crippen LogP contribution in [0.25, 0.3) is 11.1 Å². The minimum absolute atomic E-state index is 0.336. The van der Waals surface area contributed by atoms with Gasteiger partial charge in [0.05, 0.1) is 0 Å². The Morgan fingerprint density at radius 1 is 1.12 bits per heavy atom. The summed E-state index contributed by atoms with van der Waals surface area (Å²) in [5.74, 6) is 1.73. The minimum Gasteiger partial charge on any atom is -0.455 e. The predicted molar refractivity (Wildman–Crippen MR) is 134 cm³/mol. The van der Waals surface area contributed by atoms with Crippen LogP contribution in [0.1, 0.15) is 37.2 Å². The second-order valence-corrected chi connectivity index (χ2v) is 7.52. The zero-order valence-electron chi connectivity index (χ0n) is 19.3. The monoisotopic (exact) mass is 445 g/mol. The molecule has 7 nitrogen and oxygen atoms in total. The summed E-state index contributed by atoms with van der Waals surface area (Å²) in [7, 11) is 0. The maximum absolute atomic E-state index is 12.1. The third-order valence-electron chi connectivity index (χ3n) is 5.18. The third-order valence-corrected chi connectivity index (χ3v) is 5.18. The van der Waals surface area contributed by atoms with Crippen molar-refractivity contribution in [3.63, 3.8) is 0 Å². The van der Waals surface area contributed by atoms with E-state index in [1.165, 1.54) is 5.56 Å². The Morgan fingerprint density at radius 2 is 1.91 bits per heavy atom. The van der Waals surface area contributed by atoms with E-state index < -0.39 is 0 Å². The number of fused-ring (bicyclic) bond motifs is 1. The first-order chi connectivity index (χ1) is 16.1. The van der Waals surface area contributed by atoms with Gasteiger partial charge in [0.2, 0.25) is 0 Å². The van der Waals surface area contributed by atoms with Crippen molar-refractivity contribution < 1.29 is 9.21 Å². The molecule has 0 aliphatic carbocycles. The van der Waals surface area contributed by atoms with Gasteiger partial charge < -0.3 is 20.4 Å². The number of carbonyl (C=O) groups excluding carboxylic acids is 1. The topological polar surface area (TPSA) is 92.1 Å². The average molecular weight is 446 g/mol. The number of nitrogens with zero attached hydrogens (tertiary/aromatic N) is 2. The maximum Gasteiger partial charge on any atom is 0.323 e. The molecule has 172 valence electrons. The number of hydrogen-bond donors (Lipinski definition) is 3. The van der Waals surface area contributed by atoms with Gasteiger partial charge in [-0.15, -0.1) is 0 Å². The van der Waals surface area contributed by atoms with Gasteiger partial charge in [0.1, 0.15) is 17.6 Å². The number of aromatic nitrogens is 2. The number of urea groups is 1. The summed E-state index contributed by atoms with van der Waals surface area (Å²) < 4.78 is 6.12. The van der Waals surface area contributed by atoms with E-state index in [-0.39, 0.29) is 6.03 Å². The summed E-state index contributed by atoms with van der Waals surface area (Å²) in [6.45, 7) is 12.2. The highest BCUT2D eigenvalue weighted by Gasteiger charge is 2.16. The quantitative estimate of drug-likeness (QED) is 0.326. The van der Waals surface area contributed by atoms with E-state index in [1.807, 2.05) is 24.3 Å². The predicted octanol–water partition coefficient (Wildman–Crippen LogP) is 5.77. The minimum atomic E-state index is -0.336. The van der Waals surface area contributed by atoms with E-state index in [0.717, 1.165) is 53.9 Å². The molecule has 3 rings (SSSR count). The Balaban J connectivity index is 1.58. The standard InChI is InChI=1S/C26H31N5O2/c1-5-9-19(7-3)30-26(32)31-20-13-11-18(12-14-20)15-16-27-25-24-23(28-17-29-25)21(8-4)22(33-24)10-6-2/h5,7,9,11-14,17H,1,3,6,8,10,15-16H2,2,4H3,(H,27,28,29)(H2,30,31,32)/b19-9+. The van der Waals surface area contributed by atoms with Crippen molar-refractivity contribution in [2.45, 2.75) is 39.5 Å². The van der Waals surface area contributed by atoms with Crippen LogP contribution in [0.3, 0.4) is 0 Å². The van der Waals surface area contributed by atoms with Crippen molar-refractivity contribution >= 4 is 28.6 Å². The lowest BCUT2D eigenvalue weighted by Crippen LogP contribution is -2.27. The fourth-order valence-electron chi connectivity index (χ4n) is 3.58. The second kappa shape index (κ2) is 11.7. The summed E-state index contributed by atoms with van der Waals surface area (Å²) >= 11 is 0. The van der Waals surface area contributed by atoms with Gasteiger partial charge in [-0.25, -0.2) is 14.8 Å². The van der Waals surface area contributed by atoms with E-state index in [0.29, 0.717) is 17.9 Å². The maximum atomic E-state index is 12.1. The summed E-state index contributed by atoms with van der Waals surface area (Å²) in [5.41, 5.74) is 5.22. The van der Waals surface area contributed by atoms with Crippen LogP contribution in [0, 0.1) is 0 Å². The van der Waals surface area contributed by atoms with Crippen LogP contribution in [0.15, 0.2) is 72.1 Å². The molecule has 0 radical (unpaired) electrons. The first-order valence-corrected chi connectivity index (χ1v) is 11.2. The molecule has 3 N–H and O–H groups in total. The average Bonchev–Trinajstić information content (AvgIpc) is 3.18. The molecule has 0 unspecified atom stereocenters. The Morgan fingerprint density at radius 3 is 2.58 bits per heavy atom. The molecule has 1 aromatic carbocycles. The van der Waals surface area contributed by atoms with Gasteiger partial charge in [0, 0.05) is 29.9 Å². The number of nitrogens with one attached hydrogen (secondary N) is 3. The molecule has 0 saturated carbocycles. The number of allylic oxidation sites excluding steroid dienone is 3. The fraction of sp³-hybridized carbons (Fsp3) is 0.269. The van der Waals surface area contributed by atoms with E-state index in [4.69, 9.17) is 4.42 Å². The van der Waals surface area contributed by atoms with Crippen LogP contribution in [-0.2, 0) is 19.3 Å². The number of carbonyl (C=O) groups is 1. The van der Waals surface area contributed by atoms with Crippen LogP contribution >= 0.6 is 0 Å². The van der Waals surface area contributed by atoms with Crippen LogP contribution in [0.2, 0.25) is 0 Å². The summed E-state index contributed by atoms with van der Waals surface area (Å²) in [6, 6.07) is 7.39. The number of hydrogen-bond acceptors (Lipinski definition) is 5. The molecule has 0 spiro atoms. The molecule has 2 heterocycles. The van der Waals surface area contributed by atoms with Crippen LogP contribution in [-0.4, -0.2) is 22.5 Å². The van der Waals surface area contributed by atoms with Crippen LogP contribution in [0.5, 0.6) is 0 Å². The second-order valence-electron chi connectivity index (χ2n) is 7.52. The van der Waals surface area contributed by atoms with Gasteiger partial charge in [-0.3, -0.25) is 0 Å². The Kier molecular flexibility index (Phi) is 8.41. The molecule has 33 heavy (non-hydrogen) atoms. The zero-order chi connectivity index (χ0) is 23.6. The normalized spacial score (nSPS) is 11.3. The first-order valence-electron chi connectivity index (χ1n) is 11.2. The lowest BCUT2D eigenvalue weighted by Gasteiger charge is -2.09. The van der Waals surface area contributed by atoms with Gasteiger partial charge in [-0.05, 0) is 49.1 Å². The van der Waals surface area contributed by atoms with Crippen molar-refractivity contribution in [3.05, 3.63) is 84.6 Å². The van der Waals surface area contributed by atoms with Gasteiger partial charge in [-0.1, -0.05) is 45.2 Å². The number of benzene rings is 1. The number of rotatable bonds is 11. The van der Waals surface area contributed by atoms with Crippen molar-refractivity contribution in [1.29, 1.82) is 0 Å². The number of amides is 2. The van der Waals surface area contributed by atoms with Crippen molar-refractivity contribution in [2.24, 2.45) is 0 Å². The van der Waals surface area contributed by atoms with Crippen molar-refractivity contribution in [3.8, 4) is 0 Å². The van der Waals surface area contributed by atoms with Crippen LogP contribution in [0.4, 0.5) is 16.3 Å². The molecule has 7 heteroatoms. The molecule has 0 saturated heterocycles. The fourth-order valence-corrected chi connectivity index (χ4v) is 3.58. The molecule has 3 aromatic rings. The molecule has 0 atom stereocenters. The molecule has 0 aliphatic heterocycles. The molecule has 2 aromatic heterocycles. The van der Waals surface area contributed by atoms with Gasteiger partial charge >= 0.3 is 6.03 Å². The highest BCUT2D eigenvalue weighted by molar-refractivity contribution is 5.90. The van der Waals surface area contributed by atoms with Gasteiger partial charge in [-0.2, -0.15) is 0 Å². The lowest BCUT2D eigenvalue weighted by molar-refractivity contribution is 0.254. The molecule has 0 fully saturated rings. The molecular formula is C26H31N5O2. The third kappa shape index (κ3) is 6.10. The SMILES string of the molecule is C=C/C=C(\C=C)NC(=O)Nc1ccc(CCNc2ncnc3c(CC)c(CCC)oc23)cc1. The van der Waals surface area contributed by atoms with Crippen molar-refractivity contribution in [2.75, 3.05) is 17.2 Å². The summed E-state index contributed by atoms with van der Waals surface area (Å²) in [5, 5.41) is 8.89. The Labute approximate surface area is 194 Å². The van der Waals surface area contributed by atoms with Gasteiger partial charge in [0.15, 0.2) is 11.4 Å². The largest absolute Gasteiger partial charge is 0.455 e. The molecular weight excluding hydrogens is 414 g/mol. The highest BCUT2D eigenvalue weighted by Crippen LogP contribution is 2.29. The van der Waals surface area contributed by atoms with E-state index in [9.17, 15) is 4.79 Å². The molecule has 2 amide bonds. The number of furan rings is 1. The Bertz CT molecular complexity index is 1150. The van der Waals surface area contributed by atoms with Crippen LogP contribution < -0.4 is 16.0 Å². The van der Waals surface area contributed by atoms with E-state index in [1.54, 1.807) is 24.6 Å². The smallest absolute Gasteiger partial charge is 0.323 e. The zero-order valence-corrected chi connectivity index (χ0v) is 19.3. The molecule has 0 aliphatic rings. The number of aryl methyl sites for hydroxylation is 2. The Hall–Kier alpha value is -3.87. The first kappa shape index (κ1) is 23.8. The van der Waals surface area contributed by atoms with Gasteiger partial charge in [0.25, 0.3) is 0 Å². The lowest BCUT2D eigenvalue weighted by atomic mass is 10.1. The summed E-state index contributed by atoms with van der Waals surface area (Å²) in [6.07, 6.45) is 10.0. The van der Waals surface area contributed by atoms with E-state index in [2.05, 4.69) is 52.9 Å². The highest BCUT2D eigenvalue weighted by atomic mass is 16.3. The number of anilines is 2. The van der Waals surface area contributed by atoms with Crippen molar-refractivity contribution in [1.82, 2.24) is 15.3 Å². The summed E-state index contributed by atoms with van der Waals surface area (Å²) in [4.78, 5) is 20.9.